The molecular weight excluding hydrogens is 354 g/mol. The van der Waals surface area contributed by atoms with Gasteiger partial charge >= 0.3 is 5.97 Å². The van der Waals surface area contributed by atoms with E-state index in [1.165, 1.54) is 31.8 Å². The van der Waals surface area contributed by atoms with Crippen molar-refractivity contribution in [2.75, 3.05) is 25.5 Å². The van der Waals surface area contributed by atoms with Crippen molar-refractivity contribution in [3.63, 3.8) is 0 Å². The van der Waals surface area contributed by atoms with E-state index in [0.29, 0.717) is 37.2 Å². The molecule has 0 atom stereocenters. The average Bonchev–Trinajstić information content (AvgIpc) is 3.22. The second-order valence-electron chi connectivity index (χ2n) is 6.20. The van der Waals surface area contributed by atoms with Gasteiger partial charge in [-0.1, -0.05) is 0 Å². The lowest BCUT2D eigenvalue weighted by molar-refractivity contribution is -0.385. The molecule has 2 aromatic rings. The highest BCUT2D eigenvalue weighted by Gasteiger charge is 2.25. The Morgan fingerprint density at radius 2 is 2.04 bits per heavy atom. The molecule has 1 fully saturated rings. The van der Waals surface area contributed by atoms with Crippen LogP contribution in [0.2, 0.25) is 0 Å². The van der Waals surface area contributed by atoms with Crippen LogP contribution in [0.5, 0.6) is 0 Å². The number of nitro groups is 1. The molecule has 1 amide bonds. The first kappa shape index (κ1) is 18.4. The fraction of sp³-hybridized carbons (Fsp3) is 0.333. The van der Waals surface area contributed by atoms with Crippen LogP contribution in [0.3, 0.4) is 0 Å². The molecule has 0 unspecified atom stereocenters. The fourth-order valence-corrected chi connectivity index (χ4v) is 3.09. The summed E-state index contributed by atoms with van der Waals surface area (Å²) in [5.74, 6) is -0.823. The molecule has 9 heteroatoms. The predicted molar refractivity (Wildman–Crippen MR) is 95.7 cm³/mol. The van der Waals surface area contributed by atoms with E-state index in [1.54, 1.807) is 17.0 Å². The summed E-state index contributed by atoms with van der Waals surface area (Å²) in [5.41, 5.74) is 0.730. The van der Waals surface area contributed by atoms with Crippen LogP contribution in [0.15, 0.2) is 41.2 Å². The molecule has 1 aromatic heterocycles. The molecule has 1 N–H and O–H groups in total. The van der Waals surface area contributed by atoms with Crippen LogP contribution in [0.25, 0.3) is 0 Å². The van der Waals surface area contributed by atoms with Crippen molar-refractivity contribution in [1.82, 2.24) is 4.90 Å². The highest BCUT2D eigenvalue weighted by atomic mass is 16.6. The minimum Gasteiger partial charge on any atom is -0.472 e. The molecule has 27 heavy (non-hydrogen) atoms. The van der Waals surface area contributed by atoms with E-state index in [-0.39, 0.29) is 23.2 Å². The minimum atomic E-state index is -0.758. The maximum Gasteiger partial charge on any atom is 0.344 e. The third-order valence-electron chi connectivity index (χ3n) is 4.52. The Kier molecular flexibility index (Phi) is 5.39. The number of furan rings is 1. The third kappa shape index (κ3) is 4.08. The summed E-state index contributed by atoms with van der Waals surface area (Å²) in [6, 6.07) is 6.00. The monoisotopic (exact) mass is 373 g/mol. The first-order valence-electron chi connectivity index (χ1n) is 8.44. The van der Waals surface area contributed by atoms with Crippen molar-refractivity contribution in [3.05, 3.63) is 58.0 Å². The molecule has 0 spiro atoms. The molecule has 0 bridgehead atoms. The lowest BCUT2D eigenvalue weighted by atomic mass is 10.0. The number of hydrogen-bond acceptors (Lipinski definition) is 7. The number of likely N-dealkylation sites (tertiary alicyclic amines) is 1. The minimum absolute atomic E-state index is 0.0643. The predicted octanol–water partition coefficient (Wildman–Crippen LogP) is 2.69. The Bertz CT molecular complexity index is 841. The average molecular weight is 373 g/mol. The number of carbonyl (C=O) groups is 2. The van der Waals surface area contributed by atoms with E-state index >= 15 is 0 Å². The highest BCUT2D eigenvalue weighted by molar-refractivity contribution is 5.95. The zero-order valence-electron chi connectivity index (χ0n) is 14.7. The van der Waals surface area contributed by atoms with E-state index in [4.69, 9.17) is 4.42 Å². The molecule has 1 aromatic carbocycles. The maximum absolute atomic E-state index is 12.3. The Morgan fingerprint density at radius 3 is 2.63 bits per heavy atom. The van der Waals surface area contributed by atoms with Gasteiger partial charge in [-0.05, 0) is 31.0 Å². The molecular formula is C18H19N3O6. The second-order valence-corrected chi connectivity index (χ2v) is 6.20. The number of benzene rings is 1. The summed E-state index contributed by atoms with van der Waals surface area (Å²) in [6.45, 7) is 1.16. The van der Waals surface area contributed by atoms with Gasteiger partial charge in [-0.3, -0.25) is 14.9 Å². The highest BCUT2D eigenvalue weighted by Crippen LogP contribution is 2.25. The zero-order valence-corrected chi connectivity index (χ0v) is 14.7. The molecule has 1 saturated heterocycles. The Labute approximate surface area is 155 Å². The number of anilines is 1. The summed E-state index contributed by atoms with van der Waals surface area (Å²) in [5, 5.41) is 14.3. The van der Waals surface area contributed by atoms with Gasteiger partial charge in [-0.15, -0.1) is 0 Å². The van der Waals surface area contributed by atoms with Crippen molar-refractivity contribution in [3.8, 4) is 0 Å². The van der Waals surface area contributed by atoms with E-state index < -0.39 is 10.9 Å². The molecule has 2 heterocycles. The lowest BCUT2D eigenvalue weighted by Crippen LogP contribution is -2.42. The number of ether oxygens (including phenoxy) is 1. The Balaban J connectivity index is 1.64. The SMILES string of the molecule is COC(=O)c1cc(NC2CCN(C(=O)c3ccoc3)CC2)ccc1[N+](=O)[O-]. The largest absolute Gasteiger partial charge is 0.472 e. The van der Waals surface area contributed by atoms with Crippen LogP contribution in [0.4, 0.5) is 11.4 Å². The van der Waals surface area contributed by atoms with Crippen LogP contribution < -0.4 is 5.32 Å². The van der Waals surface area contributed by atoms with Crippen molar-refractivity contribution >= 4 is 23.3 Å². The number of nitrogens with one attached hydrogen (secondary N) is 1. The van der Waals surface area contributed by atoms with E-state index in [2.05, 4.69) is 10.1 Å². The van der Waals surface area contributed by atoms with Crippen LogP contribution in [-0.4, -0.2) is 47.9 Å². The van der Waals surface area contributed by atoms with E-state index in [9.17, 15) is 19.7 Å². The number of methoxy groups -OCH3 is 1. The number of nitrogens with zero attached hydrogens (tertiary/aromatic N) is 2. The van der Waals surface area contributed by atoms with Gasteiger partial charge in [0.05, 0.1) is 23.9 Å². The van der Waals surface area contributed by atoms with Crippen molar-refractivity contribution < 1.29 is 23.7 Å². The van der Waals surface area contributed by atoms with Gasteiger partial charge in [-0.25, -0.2) is 4.79 Å². The number of carbonyl (C=O) groups excluding carboxylic acids is 2. The van der Waals surface area contributed by atoms with Crippen LogP contribution >= 0.6 is 0 Å². The normalized spacial score (nSPS) is 14.6. The smallest absolute Gasteiger partial charge is 0.344 e. The number of rotatable bonds is 5. The Morgan fingerprint density at radius 1 is 1.30 bits per heavy atom. The lowest BCUT2D eigenvalue weighted by Gasteiger charge is -2.32. The third-order valence-corrected chi connectivity index (χ3v) is 4.52. The molecule has 9 nitrogen and oxygen atoms in total. The van der Waals surface area contributed by atoms with Gasteiger partial charge in [0.25, 0.3) is 11.6 Å². The summed E-state index contributed by atoms with van der Waals surface area (Å²) in [6.07, 6.45) is 4.33. The molecule has 0 radical (unpaired) electrons. The number of piperidine rings is 1. The topological polar surface area (TPSA) is 115 Å². The summed E-state index contributed by atoms with van der Waals surface area (Å²) in [4.78, 5) is 36.3. The maximum atomic E-state index is 12.3. The molecule has 1 aliphatic rings. The number of esters is 1. The van der Waals surface area contributed by atoms with Crippen LogP contribution in [0, 0.1) is 10.1 Å². The van der Waals surface area contributed by atoms with Gasteiger partial charge in [0.1, 0.15) is 11.8 Å². The second kappa shape index (κ2) is 7.90. The van der Waals surface area contributed by atoms with Gasteiger partial charge in [0.2, 0.25) is 0 Å². The number of nitro benzene ring substituents is 1. The number of amides is 1. The van der Waals surface area contributed by atoms with Gasteiger partial charge < -0.3 is 19.4 Å². The van der Waals surface area contributed by atoms with E-state index in [1.807, 2.05) is 0 Å². The Hall–Kier alpha value is -3.36. The van der Waals surface area contributed by atoms with Gasteiger partial charge in [0, 0.05) is 30.9 Å². The molecule has 1 aliphatic heterocycles. The van der Waals surface area contributed by atoms with E-state index in [0.717, 1.165) is 0 Å². The van der Waals surface area contributed by atoms with Crippen molar-refractivity contribution in [2.45, 2.75) is 18.9 Å². The standard InChI is InChI=1S/C18H19N3O6/c1-26-18(23)15-10-14(2-3-16(15)21(24)25)19-13-4-7-20(8-5-13)17(22)12-6-9-27-11-12/h2-3,6,9-11,13,19H,4-5,7-8H2,1H3. The molecule has 3 rings (SSSR count). The van der Waals surface area contributed by atoms with Crippen LogP contribution in [-0.2, 0) is 4.74 Å². The molecule has 0 saturated carbocycles. The van der Waals surface area contributed by atoms with Crippen molar-refractivity contribution in [1.29, 1.82) is 0 Å². The first-order chi connectivity index (χ1) is 13.0. The number of hydrogen-bond donors (Lipinski definition) is 1. The summed E-state index contributed by atoms with van der Waals surface area (Å²) >= 11 is 0. The van der Waals surface area contributed by atoms with Gasteiger partial charge in [-0.2, -0.15) is 0 Å². The van der Waals surface area contributed by atoms with Crippen LogP contribution in [0.1, 0.15) is 33.6 Å². The van der Waals surface area contributed by atoms with Gasteiger partial charge in [0.15, 0.2) is 0 Å². The van der Waals surface area contributed by atoms with Crippen molar-refractivity contribution in [2.24, 2.45) is 0 Å². The summed E-state index contributed by atoms with van der Waals surface area (Å²) < 4.78 is 9.57. The summed E-state index contributed by atoms with van der Waals surface area (Å²) in [7, 11) is 1.18. The molecule has 0 aliphatic carbocycles. The zero-order chi connectivity index (χ0) is 19.4. The molecule has 142 valence electrons. The fourth-order valence-electron chi connectivity index (χ4n) is 3.09. The first-order valence-corrected chi connectivity index (χ1v) is 8.44. The quantitative estimate of drug-likeness (QED) is 0.487.